The van der Waals surface area contributed by atoms with E-state index < -0.39 is 17.2 Å². The summed E-state index contributed by atoms with van der Waals surface area (Å²) in [4.78, 5) is 18.1. The Labute approximate surface area is 86.4 Å². The van der Waals surface area contributed by atoms with Gasteiger partial charge in [0.25, 0.3) is 0 Å². The number of nitrogens with one attached hydrogen (secondary N) is 1. The maximum atomic E-state index is 13.1. The van der Waals surface area contributed by atoms with Crippen molar-refractivity contribution in [3.05, 3.63) is 12.0 Å². The van der Waals surface area contributed by atoms with E-state index in [-0.39, 0.29) is 11.7 Å². The third kappa shape index (κ3) is 2.87. The number of aromatic hydroxyl groups is 1. The minimum Gasteiger partial charge on any atom is -0.479 e. The highest BCUT2D eigenvalue weighted by molar-refractivity contribution is 5.93. The van der Waals surface area contributed by atoms with E-state index in [2.05, 4.69) is 15.3 Å². The third-order valence-corrected chi connectivity index (χ3v) is 1.64. The van der Waals surface area contributed by atoms with Gasteiger partial charge in [-0.2, -0.15) is 4.98 Å². The molecule has 2 N–H and O–H groups in total. The number of nitrogens with zero attached hydrogens (tertiary/aromatic N) is 2. The third-order valence-electron chi connectivity index (χ3n) is 1.64. The quantitative estimate of drug-likeness (QED) is 0.737. The molecule has 0 radical (unpaired) electrons. The first-order valence-corrected chi connectivity index (χ1v) is 4.33. The molecule has 0 saturated heterocycles. The zero-order valence-electron chi connectivity index (χ0n) is 8.71. The Morgan fingerprint density at radius 2 is 2.13 bits per heavy atom. The van der Waals surface area contributed by atoms with Crippen LogP contribution in [-0.2, 0) is 4.79 Å². The number of aromatic nitrogens is 2. The second-order valence-corrected chi connectivity index (χ2v) is 4.07. The molecule has 0 aliphatic heterocycles. The van der Waals surface area contributed by atoms with E-state index in [1.54, 1.807) is 20.8 Å². The van der Waals surface area contributed by atoms with Crippen molar-refractivity contribution in [2.75, 3.05) is 5.32 Å². The van der Waals surface area contributed by atoms with Crippen LogP contribution >= 0.6 is 0 Å². The van der Waals surface area contributed by atoms with Gasteiger partial charge in [-0.25, -0.2) is 9.37 Å². The Bertz CT molecular complexity index is 387. The van der Waals surface area contributed by atoms with Crippen LogP contribution in [0.4, 0.5) is 10.2 Å². The van der Waals surface area contributed by atoms with Crippen LogP contribution in [0, 0.1) is 11.2 Å². The fourth-order valence-corrected chi connectivity index (χ4v) is 0.741. The fraction of sp³-hybridized carbons (Fsp3) is 0.444. The van der Waals surface area contributed by atoms with E-state index in [1.807, 2.05) is 0 Å². The van der Waals surface area contributed by atoms with Gasteiger partial charge in [-0.1, -0.05) is 20.8 Å². The molecule has 1 heterocycles. The summed E-state index contributed by atoms with van der Waals surface area (Å²) < 4.78 is 13.1. The highest BCUT2D eigenvalue weighted by atomic mass is 19.1. The van der Waals surface area contributed by atoms with Crippen molar-refractivity contribution >= 4 is 11.7 Å². The van der Waals surface area contributed by atoms with Crippen LogP contribution in [-0.4, -0.2) is 21.0 Å². The van der Waals surface area contributed by atoms with Crippen molar-refractivity contribution in [2.24, 2.45) is 5.41 Å². The van der Waals surface area contributed by atoms with Crippen LogP contribution in [0.1, 0.15) is 20.8 Å². The summed E-state index contributed by atoms with van der Waals surface area (Å²) >= 11 is 0. The van der Waals surface area contributed by atoms with Crippen LogP contribution in [0.5, 0.6) is 6.01 Å². The molecular weight excluding hydrogens is 201 g/mol. The predicted molar refractivity (Wildman–Crippen MR) is 51.7 cm³/mol. The first kappa shape index (κ1) is 11.4. The molecule has 6 heteroatoms. The molecule has 1 aromatic heterocycles. The first-order valence-electron chi connectivity index (χ1n) is 4.33. The predicted octanol–water partition coefficient (Wildman–Crippen LogP) is 1.31. The summed E-state index contributed by atoms with van der Waals surface area (Å²) in [5.41, 5.74) is -0.660. The van der Waals surface area contributed by atoms with Gasteiger partial charge in [-0.05, 0) is 0 Å². The monoisotopic (exact) mass is 213 g/mol. The standard InChI is InChI=1S/C9H12FN3O2/c1-9(2,3)7(14)12-6-5(10)4-11-8(15)13-6/h4H,1-3H3,(H2,11,12,13,14,15). The Balaban J connectivity index is 2.90. The molecule has 5 nitrogen and oxygen atoms in total. The van der Waals surface area contributed by atoms with E-state index in [1.165, 1.54) is 0 Å². The van der Waals surface area contributed by atoms with Crippen LogP contribution in [0.3, 0.4) is 0 Å². The average Bonchev–Trinajstić information content (AvgIpc) is 2.09. The molecule has 0 aliphatic carbocycles. The van der Waals surface area contributed by atoms with Gasteiger partial charge in [-0.3, -0.25) is 4.79 Å². The summed E-state index contributed by atoms with van der Waals surface area (Å²) in [6.45, 7) is 5.05. The normalized spacial score (nSPS) is 11.2. The number of hydrogen-bond donors (Lipinski definition) is 2. The second kappa shape index (κ2) is 3.80. The van der Waals surface area contributed by atoms with Crippen molar-refractivity contribution in [1.29, 1.82) is 0 Å². The van der Waals surface area contributed by atoms with Gasteiger partial charge in [0.1, 0.15) is 0 Å². The van der Waals surface area contributed by atoms with Crippen molar-refractivity contribution in [1.82, 2.24) is 9.97 Å². The largest absolute Gasteiger partial charge is 0.479 e. The van der Waals surface area contributed by atoms with E-state index in [0.717, 1.165) is 6.20 Å². The van der Waals surface area contributed by atoms with Crippen LogP contribution in [0.25, 0.3) is 0 Å². The molecule has 1 rings (SSSR count). The molecule has 15 heavy (non-hydrogen) atoms. The van der Waals surface area contributed by atoms with Gasteiger partial charge >= 0.3 is 6.01 Å². The molecule has 0 spiro atoms. The van der Waals surface area contributed by atoms with Gasteiger partial charge in [0.2, 0.25) is 5.91 Å². The van der Waals surface area contributed by atoms with E-state index in [0.29, 0.717) is 0 Å². The minimum atomic E-state index is -0.787. The number of anilines is 1. The van der Waals surface area contributed by atoms with Crippen LogP contribution in [0.2, 0.25) is 0 Å². The summed E-state index contributed by atoms with van der Waals surface area (Å²) in [6.07, 6.45) is 0.792. The Kier molecular flexibility index (Phi) is 2.88. The van der Waals surface area contributed by atoms with Gasteiger partial charge in [0.05, 0.1) is 6.20 Å². The van der Waals surface area contributed by atoms with Crippen molar-refractivity contribution in [2.45, 2.75) is 20.8 Å². The number of hydrogen-bond acceptors (Lipinski definition) is 4. The van der Waals surface area contributed by atoms with Gasteiger partial charge in [0.15, 0.2) is 11.6 Å². The van der Waals surface area contributed by atoms with Crippen molar-refractivity contribution < 1.29 is 14.3 Å². The lowest BCUT2D eigenvalue weighted by Crippen LogP contribution is -2.28. The molecule has 0 atom stereocenters. The SMILES string of the molecule is CC(C)(C)C(=O)Nc1nc(O)ncc1F. The van der Waals surface area contributed by atoms with Gasteiger partial charge in [-0.15, -0.1) is 0 Å². The number of carbonyl (C=O) groups is 1. The highest BCUT2D eigenvalue weighted by Gasteiger charge is 2.23. The summed E-state index contributed by atoms with van der Waals surface area (Å²) in [5.74, 6) is -1.49. The summed E-state index contributed by atoms with van der Waals surface area (Å²) in [5, 5.41) is 11.2. The number of amides is 1. The molecule has 0 saturated carbocycles. The summed E-state index contributed by atoms with van der Waals surface area (Å²) in [6, 6.07) is -0.583. The Hall–Kier alpha value is -1.72. The lowest BCUT2D eigenvalue weighted by molar-refractivity contribution is -0.123. The average molecular weight is 213 g/mol. The zero-order chi connectivity index (χ0) is 11.6. The summed E-state index contributed by atoms with van der Waals surface area (Å²) in [7, 11) is 0. The topological polar surface area (TPSA) is 75.1 Å². The number of halogens is 1. The first-order chi connectivity index (χ1) is 6.80. The highest BCUT2D eigenvalue weighted by Crippen LogP contribution is 2.18. The molecule has 1 aromatic rings. The van der Waals surface area contributed by atoms with E-state index in [4.69, 9.17) is 5.11 Å². The fourth-order valence-electron chi connectivity index (χ4n) is 0.741. The smallest absolute Gasteiger partial charge is 0.316 e. The molecule has 0 aromatic carbocycles. The molecule has 0 fully saturated rings. The molecule has 0 unspecified atom stereocenters. The minimum absolute atomic E-state index is 0.317. The van der Waals surface area contributed by atoms with Crippen molar-refractivity contribution in [3.8, 4) is 6.01 Å². The molecule has 1 amide bonds. The van der Waals surface area contributed by atoms with Gasteiger partial charge < -0.3 is 10.4 Å². The number of rotatable bonds is 1. The molecule has 0 bridgehead atoms. The van der Waals surface area contributed by atoms with E-state index in [9.17, 15) is 9.18 Å². The lowest BCUT2D eigenvalue weighted by atomic mass is 9.96. The van der Waals surface area contributed by atoms with Crippen LogP contribution in [0.15, 0.2) is 6.20 Å². The van der Waals surface area contributed by atoms with Crippen LogP contribution < -0.4 is 5.32 Å². The van der Waals surface area contributed by atoms with Crippen molar-refractivity contribution in [3.63, 3.8) is 0 Å². The zero-order valence-corrected chi connectivity index (χ0v) is 8.71. The molecule has 0 aliphatic rings. The number of carbonyl (C=O) groups excluding carboxylic acids is 1. The lowest BCUT2D eigenvalue weighted by Gasteiger charge is -2.17. The van der Waals surface area contributed by atoms with Gasteiger partial charge in [0, 0.05) is 5.41 Å². The maximum Gasteiger partial charge on any atom is 0.316 e. The molecular formula is C9H12FN3O2. The van der Waals surface area contributed by atoms with E-state index >= 15 is 0 Å². The Morgan fingerprint density at radius 1 is 1.53 bits per heavy atom. The second-order valence-electron chi connectivity index (χ2n) is 4.07. The molecule has 82 valence electrons. The maximum absolute atomic E-state index is 13.1. The Morgan fingerprint density at radius 3 is 2.67 bits per heavy atom.